The van der Waals surface area contributed by atoms with Crippen molar-refractivity contribution in [2.45, 2.75) is 45.7 Å². The van der Waals surface area contributed by atoms with Crippen molar-refractivity contribution in [3.8, 4) is 5.75 Å². The number of nitrogens with zero attached hydrogens (tertiary/aromatic N) is 2. The van der Waals surface area contributed by atoms with Gasteiger partial charge in [-0.3, -0.25) is 13.9 Å². The van der Waals surface area contributed by atoms with E-state index < -0.39 is 28.5 Å². The van der Waals surface area contributed by atoms with Gasteiger partial charge < -0.3 is 15.0 Å². The van der Waals surface area contributed by atoms with Gasteiger partial charge in [0.05, 0.1) is 19.1 Å². The Morgan fingerprint density at radius 3 is 2.37 bits per heavy atom. The Hall–Kier alpha value is -2.78. The maximum Gasteiger partial charge on any atom is 0.244 e. The summed E-state index contributed by atoms with van der Waals surface area (Å²) in [5.41, 5.74) is 1.07. The first-order valence-electron chi connectivity index (χ1n) is 11.5. The van der Waals surface area contributed by atoms with E-state index >= 15 is 0 Å². The Morgan fingerprint density at radius 2 is 1.80 bits per heavy atom. The summed E-state index contributed by atoms with van der Waals surface area (Å²) < 4.78 is 31.5. The lowest BCUT2D eigenvalue weighted by atomic mass is 10.1. The molecule has 10 heteroatoms. The first kappa shape index (κ1) is 28.5. The number of ether oxygens (including phenoxy) is 1. The fraction of sp³-hybridized carbons (Fsp3) is 0.440. The molecule has 0 saturated carbocycles. The zero-order chi connectivity index (χ0) is 26.0. The number of sulfonamides is 1. The number of carbonyl (C=O) groups excluding carboxylic acids is 2. The summed E-state index contributed by atoms with van der Waals surface area (Å²) in [6.45, 7) is 4.03. The molecule has 8 nitrogen and oxygen atoms in total. The van der Waals surface area contributed by atoms with Crippen molar-refractivity contribution in [1.29, 1.82) is 0 Å². The Bertz CT molecular complexity index is 1090. The third-order valence-electron chi connectivity index (χ3n) is 5.50. The molecular weight excluding hydrogens is 490 g/mol. The van der Waals surface area contributed by atoms with E-state index in [0.29, 0.717) is 29.4 Å². The van der Waals surface area contributed by atoms with Gasteiger partial charge in [0, 0.05) is 24.2 Å². The minimum atomic E-state index is -3.81. The average Bonchev–Trinajstić information content (AvgIpc) is 2.83. The second-order valence-corrected chi connectivity index (χ2v) is 10.5. The number of hydrogen-bond donors (Lipinski definition) is 1. The van der Waals surface area contributed by atoms with Gasteiger partial charge in [0.15, 0.2) is 0 Å². The normalized spacial score (nSPS) is 12.0. The largest absolute Gasteiger partial charge is 0.497 e. The van der Waals surface area contributed by atoms with Gasteiger partial charge in [-0.15, -0.1) is 0 Å². The first-order valence-corrected chi connectivity index (χ1v) is 13.8. The number of hydrogen-bond acceptors (Lipinski definition) is 5. The highest BCUT2D eigenvalue weighted by Gasteiger charge is 2.31. The number of carbonyl (C=O) groups is 2. The molecule has 0 fully saturated rings. The number of anilines is 1. The lowest BCUT2D eigenvalue weighted by Crippen LogP contribution is -2.52. The lowest BCUT2D eigenvalue weighted by molar-refractivity contribution is -0.140. The molecule has 0 aliphatic heterocycles. The van der Waals surface area contributed by atoms with E-state index in [2.05, 4.69) is 5.32 Å². The molecule has 1 atom stereocenters. The summed E-state index contributed by atoms with van der Waals surface area (Å²) in [7, 11) is -2.33. The number of rotatable bonds is 13. The highest BCUT2D eigenvalue weighted by atomic mass is 35.5. The fourth-order valence-electron chi connectivity index (χ4n) is 3.59. The zero-order valence-corrected chi connectivity index (χ0v) is 22.2. The molecule has 0 radical (unpaired) electrons. The third kappa shape index (κ3) is 8.43. The van der Waals surface area contributed by atoms with Crippen molar-refractivity contribution in [2.75, 3.05) is 30.8 Å². The SMILES string of the molecule is CCCCNC(=O)C(CC)N(Cc1ccc(Cl)cc1)C(=O)CN(c1cccc(OC)c1)S(C)(=O)=O. The molecule has 192 valence electrons. The van der Waals surface area contributed by atoms with Gasteiger partial charge in [-0.05, 0) is 42.7 Å². The average molecular weight is 524 g/mol. The molecule has 0 aromatic heterocycles. The highest BCUT2D eigenvalue weighted by molar-refractivity contribution is 7.92. The Morgan fingerprint density at radius 1 is 1.11 bits per heavy atom. The summed E-state index contributed by atoms with van der Waals surface area (Å²) in [5.74, 6) is -0.301. The van der Waals surface area contributed by atoms with Gasteiger partial charge in [-0.2, -0.15) is 0 Å². The summed E-state index contributed by atoms with van der Waals surface area (Å²) in [6, 6.07) is 12.7. The Labute approximate surface area is 213 Å². The summed E-state index contributed by atoms with van der Waals surface area (Å²) in [5, 5.41) is 3.45. The number of nitrogens with one attached hydrogen (secondary N) is 1. The van der Waals surface area contributed by atoms with Crippen LogP contribution in [0.4, 0.5) is 5.69 Å². The van der Waals surface area contributed by atoms with Crippen molar-refractivity contribution >= 4 is 39.1 Å². The molecular formula is C25H34ClN3O5S. The van der Waals surface area contributed by atoms with Crippen LogP contribution < -0.4 is 14.4 Å². The number of methoxy groups -OCH3 is 1. The molecule has 0 spiro atoms. The van der Waals surface area contributed by atoms with Crippen LogP contribution in [0.15, 0.2) is 48.5 Å². The lowest BCUT2D eigenvalue weighted by Gasteiger charge is -2.33. The molecule has 0 saturated heterocycles. The minimum Gasteiger partial charge on any atom is -0.497 e. The van der Waals surface area contributed by atoms with Crippen molar-refractivity contribution in [3.63, 3.8) is 0 Å². The second-order valence-electron chi connectivity index (χ2n) is 8.19. The molecule has 2 aromatic carbocycles. The molecule has 35 heavy (non-hydrogen) atoms. The van der Waals surface area contributed by atoms with E-state index in [9.17, 15) is 18.0 Å². The Kier molecular flexibility index (Phi) is 10.9. The topological polar surface area (TPSA) is 96.0 Å². The number of amides is 2. The quantitative estimate of drug-likeness (QED) is 0.402. The van der Waals surface area contributed by atoms with Crippen LogP contribution in [0.5, 0.6) is 5.75 Å². The summed E-state index contributed by atoms with van der Waals surface area (Å²) in [6.07, 6.45) is 3.16. The molecule has 2 amide bonds. The summed E-state index contributed by atoms with van der Waals surface area (Å²) in [4.78, 5) is 28.1. The number of halogens is 1. The van der Waals surface area contributed by atoms with Gasteiger partial charge in [0.25, 0.3) is 0 Å². The third-order valence-corrected chi connectivity index (χ3v) is 6.89. The molecule has 1 N–H and O–H groups in total. The molecule has 0 heterocycles. The van der Waals surface area contributed by atoms with Crippen LogP contribution in [-0.2, 0) is 26.2 Å². The molecule has 1 unspecified atom stereocenters. The summed E-state index contributed by atoms with van der Waals surface area (Å²) >= 11 is 6.01. The predicted octanol–water partition coefficient (Wildman–Crippen LogP) is 3.84. The van der Waals surface area contributed by atoms with Gasteiger partial charge in [0.1, 0.15) is 18.3 Å². The van der Waals surface area contributed by atoms with E-state index in [1.165, 1.54) is 12.0 Å². The van der Waals surface area contributed by atoms with Crippen molar-refractivity contribution in [3.05, 3.63) is 59.1 Å². The van der Waals surface area contributed by atoms with Crippen LogP contribution in [-0.4, -0.2) is 57.6 Å². The van der Waals surface area contributed by atoms with Crippen LogP contribution in [0, 0.1) is 0 Å². The van der Waals surface area contributed by atoms with Gasteiger partial charge in [-0.25, -0.2) is 8.42 Å². The van der Waals surface area contributed by atoms with E-state index in [1.54, 1.807) is 48.5 Å². The van der Waals surface area contributed by atoms with E-state index in [0.717, 1.165) is 29.0 Å². The second kappa shape index (κ2) is 13.3. The Balaban J connectivity index is 2.40. The van der Waals surface area contributed by atoms with Gasteiger partial charge in [0.2, 0.25) is 21.8 Å². The monoisotopic (exact) mass is 523 g/mol. The van der Waals surface area contributed by atoms with Crippen LogP contribution in [0.25, 0.3) is 0 Å². The van der Waals surface area contributed by atoms with Gasteiger partial charge in [-0.1, -0.05) is 50.1 Å². The number of benzene rings is 2. The smallest absolute Gasteiger partial charge is 0.244 e. The van der Waals surface area contributed by atoms with Crippen molar-refractivity contribution in [1.82, 2.24) is 10.2 Å². The van der Waals surface area contributed by atoms with Crippen LogP contribution in [0.2, 0.25) is 5.02 Å². The van der Waals surface area contributed by atoms with Gasteiger partial charge >= 0.3 is 0 Å². The number of unbranched alkanes of at least 4 members (excludes halogenated alkanes) is 1. The highest BCUT2D eigenvalue weighted by Crippen LogP contribution is 2.24. The first-order chi connectivity index (χ1) is 16.6. The van der Waals surface area contributed by atoms with E-state index in [-0.39, 0.29) is 12.5 Å². The van der Waals surface area contributed by atoms with E-state index in [4.69, 9.17) is 16.3 Å². The van der Waals surface area contributed by atoms with E-state index in [1.807, 2.05) is 13.8 Å². The predicted molar refractivity (Wildman–Crippen MR) is 139 cm³/mol. The van der Waals surface area contributed by atoms with Crippen molar-refractivity contribution < 1.29 is 22.7 Å². The molecule has 2 aromatic rings. The molecule has 0 aliphatic carbocycles. The van der Waals surface area contributed by atoms with Crippen LogP contribution >= 0.6 is 11.6 Å². The maximum absolute atomic E-state index is 13.6. The fourth-order valence-corrected chi connectivity index (χ4v) is 4.56. The molecule has 2 rings (SSSR count). The molecule has 0 bridgehead atoms. The standard InChI is InChI=1S/C25H34ClN3O5S/c1-5-7-15-27-25(31)23(6-2)28(17-19-11-13-20(26)14-12-19)24(30)18-29(35(4,32)33)21-9-8-10-22(16-21)34-3/h8-14,16,23H,5-7,15,17-18H2,1-4H3,(H,27,31). The van der Waals surface area contributed by atoms with Crippen LogP contribution in [0.1, 0.15) is 38.7 Å². The van der Waals surface area contributed by atoms with Crippen LogP contribution in [0.3, 0.4) is 0 Å². The zero-order valence-electron chi connectivity index (χ0n) is 20.7. The minimum absolute atomic E-state index is 0.130. The maximum atomic E-state index is 13.6. The molecule has 0 aliphatic rings. The van der Waals surface area contributed by atoms with Crippen molar-refractivity contribution in [2.24, 2.45) is 0 Å².